The molecule has 0 bridgehead atoms. The number of nitrogens with one attached hydrogen (secondary N) is 2. The van der Waals surface area contributed by atoms with E-state index >= 15 is 0 Å². The summed E-state index contributed by atoms with van der Waals surface area (Å²) in [5, 5.41) is 6.42. The number of carbonyl (C=O) groups excluding carboxylic acids is 3. The number of rotatable bonds is 8. The zero-order valence-corrected chi connectivity index (χ0v) is 33.6. The summed E-state index contributed by atoms with van der Waals surface area (Å²) in [6, 6.07) is 4.58. The maximum Gasteiger partial charge on any atom is 0.303 e. The Morgan fingerprint density at radius 2 is 1.91 bits per heavy atom. The second-order valence-electron chi connectivity index (χ2n) is 15.3. The number of methoxy groups -OCH3 is 1. The predicted octanol–water partition coefficient (Wildman–Crippen LogP) is 4.62. The van der Waals surface area contributed by atoms with Crippen molar-refractivity contribution in [2.75, 3.05) is 33.4 Å². The SMILES string of the molecule is COc1ccc2c(O[C@@H]3C[C@H]4C(=O)N[C@]5(C(=O)NS(=O)(=O)N6CCCC6)C[C@H]5/C=C\CCCCO[C@H](C)C(=O)N4C3)cc(-c3nc(C(C)C)cs3)nc2c1C. The molecule has 0 unspecified atom stereocenters. The number of hydrogen-bond acceptors (Lipinski definition) is 11. The lowest BCUT2D eigenvalue weighted by Gasteiger charge is -2.28. The van der Waals surface area contributed by atoms with Crippen molar-refractivity contribution in [2.45, 2.75) is 102 Å². The van der Waals surface area contributed by atoms with Crippen LogP contribution in [-0.4, -0.2) is 102 Å². The third-order valence-electron chi connectivity index (χ3n) is 11.1. The number of nitrogens with zero attached hydrogens (tertiary/aromatic N) is 4. The fourth-order valence-electron chi connectivity index (χ4n) is 7.71. The van der Waals surface area contributed by atoms with Crippen LogP contribution < -0.4 is 19.5 Å². The number of aryl methyl sites for hydroxylation is 1. The summed E-state index contributed by atoms with van der Waals surface area (Å²) >= 11 is 1.50. The van der Waals surface area contributed by atoms with Crippen LogP contribution in [0.5, 0.6) is 11.5 Å². The van der Waals surface area contributed by atoms with E-state index in [1.807, 2.05) is 42.7 Å². The summed E-state index contributed by atoms with van der Waals surface area (Å²) in [6.45, 7) is 8.90. The zero-order valence-electron chi connectivity index (χ0n) is 32.0. The molecule has 0 spiro atoms. The lowest BCUT2D eigenvalue weighted by Crippen LogP contribution is -2.58. The van der Waals surface area contributed by atoms with E-state index in [1.165, 1.54) is 20.5 Å². The summed E-state index contributed by atoms with van der Waals surface area (Å²) in [5.74, 6) is -0.685. The van der Waals surface area contributed by atoms with Crippen LogP contribution >= 0.6 is 11.3 Å². The van der Waals surface area contributed by atoms with Crippen molar-refractivity contribution >= 4 is 50.2 Å². The average Bonchev–Trinajstić information content (AvgIpc) is 3.66. The predicted molar refractivity (Wildman–Crippen MR) is 208 cm³/mol. The molecule has 4 aliphatic rings. The first kappa shape index (κ1) is 39.1. The molecular formula is C39H50N6O8S2. The highest BCUT2D eigenvalue weighted by Gasteiger charge is 2.62. The molecule has 2 saturated heterocycles. The second-order valence-corrected chi connectivity index (χ2v) is 17.8. The molecule has 55 heavy (non-hydrogen) atoms. The van der Waals surface area contributed by atoms with Crippen LogP contribution in [0.2, 0.25) is 0 Å². The highest BCUT2D eigenvalue weighted by atomic mass is 32.2. The minimum atomic E-state index is -4.09. The molecule has 3 amide bonds. The van der Waals surface area contributed by atoms with Crippen molar-refractivity contribution in [3.8, 4) is 22.2 Å². The number of allylic oxidation sites excluding steroid dienone is 1. The number of aromatic nitrogens is 2. The van der Waals surface area contributed by atoms with Crippen LogP contribution in [0, 0.1) is 12.8 Å². The minimum absolute atomic E-state index is 0.0829. The highest BCUT2D eigenvalue weighted by molar-refractivity contribution is 7.87. The first-order chi connectivity index (χ1) is 26.3. The molecule has 0 radical (unpaired) electrons. The quantitative estimate of drug-likeness (QED) is 0.307. The number of amides is 3. The number of thiazole rings is 1. The van der Waals surface area contributed by atoms with Crippen LogP contribution in [0.3, 0.4) is 0 Å². The molecule has 2 N–H and O–H groups in total. The van der Waals surface area contributed by atoms with E-state index < -0.39 is 51.7 Å². The van der Waals surface area contributed by atoms with Gasteiger partial charge in [-0.15, -0.1) is 11.3 Å². The third-order valence-corrected chi connectivity index (χ3v) is 13.5. The van der Waals surface area contributed by atoms with Gasteiger partial charge in [-0.3, -0.25) is 14.4 Å². The van der Waals surface area contributed by atoms with Crippen molar-refractivity contribution in [3.05, 3.63) is 47.0 Å². The first-order valence-electron chi connectivity index (χ1n) is 19.1. The number of ether oxygens (including phenoxy) is 3. The second kappa shape index (κ2) is 15.8. The van der Waals surface area contributed by atoms with E-state index in [0.717, 1.165) is 34.5 Å². The van der Waals surface area contributed by atoms with Crippen LogP contribution in [0.15, 0.2) is 35.7 Å². The number of pyridine rings is 1. The average molecular weight is 795 g/mol. The lowest BCUT2D eigenvalue weighted by molar-refractivity contribution is -0.147. The largest absolute Gasteiger partial charge is 0.496 e. The van der Waals surface area contributed by atoms with Crippen LogP contribution in [0.1, 0.15) is 82.9 Å². The fraction of sp³-hybridized carbons (Fsp3) is 0.564. The van der Waals surface area contributed by atoms with Crippen molar-refractivity contribution < 1.29 is 37.0 Å². The van der Waals surface area contributed by atoms with Gasteiger partial charge >= 0.3 is 10.2 Å². The summed E-state index contributed by atoms with van der Waals surface area (Å²) in [4.78, 5) is 53.6. The molecule has 14 nitrogen and oxygen atoms in total. The molecule has 16 heteroatoms. The van der Waals surface area contributed by atoms with Crippen molar-refractivity contribution in [1.82, 2.24) is 29.2 Å². The van der Waals surface area contributed by atoms with Gasteiger partial charge in [0.25, 0.3) is 11.8 Å². The van der Waals surface area contributed by atoms with E-state index in [9.17, 15) is 22.8 Å². The Bertz CT molecular complexity index is 2100. The van der Waals surface area contributed by atoms with Gasteiger partial charge in [-0.05, 0) is 70.4 Å². The summed E-state index contributed by atoms with van der Waals surface area (Å²) in [5.41, 5.74) is 1.62. The van der Waals surface area contributed by atoms with E-state index in [4.69, 9.17) is 24.2 Å². The molecule has 3 aliphatic heterocycles. The molecule has 1 saturated carbocycles. The van der Waals surface area contributed by atoms with Crippen LogP contribution in [0.4, 0.5) is 0 Å². The lowest BCUT2D eigenvalue weighted by atomic mass is 10.1. The smallest absolute Gasteiger partial charge is 0.303 e. The Morgan fingerprint density at radius 1 is 1.13 bits per heavy atom. The van der Waals surface area contributed by atoms with Gasteiger partial charge in [-0.1, -0.05) is 26.0 Å². The van der Waals surface area contributed by atoms with E-state index in [-0.39, 0.29) is 31.2 Å². The Morgan fingerprint density at radius 3 is 2.64 bits per heavy atom. The Labute approximate surface area is 326 Å². The first-order valence-corrected chi connectivity index (χ1v) is 21.5. The van der Waals surface area contributed by atoms with Gasteiger partial charge in [0, 0.05) is 54.4 Å². The van der Waals surface area contributed by atoms with Gasteiger partial charge in [-0.2, -0.15) is 12.7 Å². The fourth-order valence-corrected chi connectivity index (χ4v) is 9.93. The Kier molecular flexibility index (Phi) is 11.2. The van der Waals surface area contributed by atoms with Gasteiger partial charge in [0.2, 0.25) is 5.91 Å². The maximum absolute atomic E-state index is 14.4. The molecule has 1 aliphatic carbocycles. The minimum Gasteiger partial charge on any atom is -0.496 e. The third kappa shape index (κ3) is 7.96. The molecule has 2 aromatic heterocycles. The van der Waals surface area contributed by atoms with Gasteiger partial charge < -0.3 is 24.4 Å². The van der Waals surface area contributed by atoms with Crippen molar-refractivity contribution in [1.29, 1.82) is 0 Å². The molecule has 3 aromatic rings. The number of carbonyl (C=O) groups is 3. The highest BCUT2D eigenvalue weighted by Crippen LogP contribution is 2.46. The van der Waals surface area contributed by atoms with Gasteiger partial charge in [0.1, 0.15) is 46.0 Å². The van der Waals surface area contributed by atoms with Gasteiger partial charge in [0.05, 0.1) is 24.9 Å². The van der Waals surface area contributed by atoms with Crippen molar-refractivity contribution in [3.63, 3.8) is 0 Å². The number of hydrogen-bond donors (Lipinski definition) is 2. The molecule has 296 valence electrons. The monoisotopic (exact) mass is 794 g/mol. The van der Waals surface area contributed by atoms with E-state index in [1.54, 1.807) is 14.0 Å². The molecule has 7 rings (SSSR count). The molecular weight excluding hydrogens is 745 g/mol. The summed E-state index contributed by atoms with van der Waals surface area (Å²) in [7, 11) is -2.48. The van der Waals surface area contributed by atoms with Gasteiger partial charge in [-0.25, -0.2) is 14.7 Å². The number of benzene rings is 1. The van der Waals surface area contributed by atoms with Crippen LogP contribution in [0.25, 0.3) is 21.6 Å². The molecule has 5 atom stereocenters. The van der Waals surface area contributed by atoms with Crippen molar-refractivity contribution in [2.24, 2.45) is 5.92 Å². The number of fused-ring (bicyclic) bond motifs is 3. The van der Waals surface area contributed by atoms with Crippen LogP contribution in [-0.2, 0) is 29.3 Å². The summed E-state index contributed by atoms with van der Waals surface area (Å²) in [6.07, 6.45) is 6.42. The van der Waals surface area contributed by atoms with E-state index in [2.05, 4.69) is 23.9 Å². The summed E-state index contributed by atoms with van der Waals surface area (Å²) < 4.78 is 48.2. The van der Waals surface area contributed by atoms with Gasteiger partial charge in [0.15, 0.2) is 0 Å². The standard InChI is InChI=1S/C39H50N6O8S2/c1-23(2)30-22-54-36(41-30)29-19-33(28-13-14-32(51-5)24(3)34(28)40-29)53-27-18-31-35(46)42-39(38(48)43-55(49,50)44-15-9-10-16-44)20-26(39)12-8-6-7-11-17-52-25(4)37(47)45(31)21-27/h8,12-14,19,22-23,25-27,31H,6-7,9-11,15-18,20-21H2,1-5H3,(H,42,46)(H,43,48)/b12-8-/t25-,26-,27-,31+,39-/m1/s1. The normalized spacial score (nSPS) is 27.2. The van der Waals surface area contributed by atoms with E-state index in [0.29, 0.717) is 61.7 Å². The topological polar surface area (TPSA) is 169 Å². The molecule has 5 heterocycles. The molecule has 3 fully saturated rings. The zero-order chi connectivity index (χ0) is 39.1. The molecule has 1 aromatic carbocycles. The maximum atomic E-state index is 14.4. The Balaban J connectivity index is 1.20. The Hall–Kier alpha value is -4.12.